The number of halogens is 1. The van der Waals surface area contributed by atoms with Crippen molar-refractivity contribution in [3.05, 3.63) is 48.1 Å². The van der Waals surface area contributed by atoms with Crippen molar-refractivity contribution < 1.29 is 9.18 Å². The summed E-state index contributed by atoms with van der Waals surface area (Å²) in [6.45, 7) is 3.76. The number of aromatic nitrogens is 4. The Morgan fingerprint density at radius 2 is 1.97 bits per heavy atom. The molecule has 3 aliphatic rings. The van der Waals surface area contributed by atoms with Gasteiger partial charge in [-0.2, -0.15) is 0 Å². The van der Waals surface area contributed by atoms with Crippen LogP contribution in [0.3, 0.4) is 0 Å². The molecule has 0 bridgehead atoms. The van der Waals surface area contributed by atoms with Crippen molar-refractivity contribution in [2.24, 2.45) is 11.8 Å². The molecule has 0 spiro atoms. The number of hydrogen-bond acceptors (Lipinski definition) is 6. The summed E-state index contributed by atoms with van der Waals surface area (Å²) in [4.78, 5) is 27.6. The first-order valence-electron chi connectivity index (χ1n) is 10.3. The summed E-state index contributed by atoms with van der Waals surface area (Å²) in [6.07, 6.45) is 9.08. The van der Waals surface area contributed by atoms with Gasteiger partial charge in [-0.3, -0.25) is 4.79 Å². The van der Waals surface area contributed by atoms with Crippen LogP contribution in [0.4, 0.5) is 15.9 Å². The number of amides is 1. The molecular formula is C21H22FN7O. The first-order valence-corrected chi connectivity index (χ1v) is 10.3. The van der Waals surface area contributed by atoms with Gasteiger partial charge in [-0.1, -0.05) is 0 Å². The van der Waals surface area contributed by atoms with Gasteiger partial charge in [0.15, 0.2) is 11.5 Å². The normalized spacial score (nSPS) is 24.9. The van der Waals surface area contributed by atoms with Gasteiger partial charge in [-0.05, 0) is 31.6 Å². The number of piperidine rings is 1. The molecule has 1 saturated heterocycles. The molecule has 2 aliphatic carbocycles. The van der Waals surface area contributed by atoms with Crippen LogP contribution in [-0.2, 0) is 0 Å². The first-order chi connectivity index (χ1) is 14.5. The SMILES string of the molecule is Cc1cn2cc(NC(=O)c3cnc(N4CC5C(C4)C5NC4CC4)cn3)cc(F)c2n1. The van der Waals surface area contributed by atoms with Gasteiger partial charge in [-0.25, -0.2) is 19.3 Å². The van der Waals surface area contributed by atoms with E-state index in [4.69, 9.17) is 0 Å². The third kappa shape index (κ3) is 3.09. The molecule has 3 fully saturated rings. The van der Waals surface area contributed by atoms with E-state index >= 15 is 0 Å². The summed E-state index contributed by atoms with van der Waals surface area (Å²) in [5.41, 5.74) is 1.46. The van der Waals surface area contributed by atoms with Crippen molar-refractivity contribution in [3.63, 3.8) is 0 Å². The molecule has 30 heavy (non-hydrogen) atoms. The molecule has 2 N–H and O–H groups in total. The fourth-order valence-electron chi connectivity index (χ4n) is 4.53. The van der Waals surface area contributed by atoms with Gasteiger partial charge in [0.25, 0.3) is 5.91 Å². The summed E-state index contributed by atoms with van der Waals surface area (Å²) in [7, 11) is 0. The van der Waals surface area contributed by atoms with Crippen LogP contribution < -0.4 is 15.5 Å². The fourth-order valence-corrected chi connectivity index (χ4v) is 4.53. The quantitative estimate of drug-likeness (QED) is 0.673. The molecule has 8 nitrogen and oxygen atoms in total. The molecule has 3 aromatic rings. The third-order valence-corrected chi connectivity index (χ3v) is 6.28. The van der Waals surface area contributed by atoms with E-state index in [1.165, 1.54) is 25.1 Å². The maximum absolute atomic E-state index is 14.2. The summed E-state index contributed by atoms with van der Waals surface area (Å²) in [5, 5.41) is 6.40. The Bertz CT molecular complexity index is 1130. The number of nitrogens with zero attached hydrogens (tertiary/aromatic N) is 5. The topological polar surface area (TPSA) is 87.5 Å². The van der Waals surface area contributed by atoms with Gasteiger partial charge < -0.3 is 19.9 Å². The minimum atomic E-state index is -0.496. The van der Waals surface area contributed by atoms with Gasteiger partial charge in [0.05, 0.1) is 23.8 Å². The summed E-state index contributed by atoms with van der Waals surface area (Å²) in [5.74, 6) is 1.27. The Balaban J connectivity index is 1.11. The van der Waals surface area contributed by atoms with Crippen LogP contribution in [0.15, 0.2) is 30.9 Å². The number of aryl methyl sites for hydroxylation is 1. The summed E-state index contributed by atoms with van der Waals surface area (Å²) >= 11 is 0. The maximum atomic E-state index is 14.2. The minimum Gasteiger partial charge on any atom is -0.355 e. The molecule has 0 radical (unpaired) electrons. The van der Waals surface area contributed by atoms with Crippen LogP contribution in [-0.4, -0.2) is 50.4 Å². The van der Waals surface area contributed by atoms with Gasteiger partial charge in [-0.15, -0.1) is 0 Å². The zero-order valence-electron chi connectivity index (χ0n) is 16.5. The van der Waals surface area contributed by atoms with Crippen LogP contribution in [0, 0.1) is 24.6 Å². The third-order valence-electron chi connectivity index (χ3n) is 6.28. The lowest BCUT2D eigenvalue weighted by molar-refractivity contribution is 0.102. The lowest BCUT2D eigenvalue weighted by Gasteiger charge is -2.20. The number of nitrogens with one attached hydrogen (secondary N) is 2. The second-order valence-corrected chi connectivity index (χ2v) is 8.60. The average molecular weight is 407 g/mol. The fraction of sp³-hybridized carbons (Fsp3) is 0.429. The van der Waals surface area contributed by atoms with E-state index in [1.807, 2.05) is 0 Å². The van der Waals surface area contributed by atoms with E-state index in [1.54, 1.807) is 29.9 Å². The molecule has 1 amide bonds. The van der Waals surface area contributed by atoms with E-state index in [0.717, 1.165) is 24.9 Å². The molecule has 0 aromatic carbocycles. The Hall–Kier alpha value is -3.07. The maximum Gasteiger partial charge on any atom is 0.275 e. The average Bonchev–Trinajstić information content (AvgIpc) is 3.56. The number of carbonyl (C=O) groups is 1. The number of rotatable bonds is 5. The Labute approximate surface area is 172 Å². The first kappa shape index (κ1) is 17.8. The zero-order valence-corrected chi connectivity index (χ0v) is 16.5. The molecule has 2 unspecified atom stereocenters. The molecule has 4 heterocycles. The van der Waals surface area contributed by atoms with Crippen LogP contribution in [0.2, 0.25) is 0 Å². The predicted molar refractivity (Wildman–Crippen MR) is 109 cm³/mol. The molecule has 3 aromatic heterocycles. The van der Waals surface area contributed by atoms with Crippen molar-refractivity contribution in [2.45, 2.75) is 31.8 Å². The Kier molecular flexibility index (Phi) is 3.83. The van der Waals surface area contributed by atoms with Crippen molar-refractivity contribution in [1.82, 2.24) is 24.7 Å². The number of anilines is 2. The Morgan fingerprint density at radius 1 is 1.17 bits per heavy atom. The lowest BCUT2D eigenvalue weighted by atomic mass is 10.3. The highest BCUT2D eigenvalue weighted by molar-refractivity contribution is 6.02. The van der Waals surface area contributed by atoms with Gasteiger partial charge in [0.1, 0.15) is 11.5 Å². The van der Waals surface area contributed by atoms with Gasteiger partial charge in [0.2, 0.25) is 0 Å². The van der Waals surface area contributed by atoms with Crippen LogP contribution in [0.1, 0.15) is 29.0 Å². The zero-order chi connectivity index (χ0) is 20.4. The highest BCUT2D eigenvalue weighted by Crippen LogP contribution is 2.47. The predicted octanol–water partition coefficient (Wildman–Crippen LogP) is 2.01. The molecular weight excluding hydrogens is 385 g/mol. The van der Waals surface area contributed by atoms with Crippen LogP contribution >= 0.6 is 0 Å². The minimum absolute atomic E-state index is 0.193. The largest absolute Gasteiger partial charge is 0.355 e. The molecule has 9 heteroatoms. The van der Waals surface area contributed by atoms with Crippen LogP contribution in [0.5, 0.6) is 0 Å². The molecule has 2 saturated carbocycles. The molecule has 154 valence electrons. The molecule has 6 rings (SSSR count). The smallest absolute Gasteiger partial charge is 0.275 e. The van der Waals surface area contributed by atoms with Crippen molar-refractivity contribution in [1.29, 1.82) is 0 Å². The van der Waals surface area contributed by atoms with E-state index in [9.17, 15) is 9.18 Å². The van der Waals surface area contributed by atoms with Crippen molar-refractivity contribution in [2.75, 3.05) is 23.3 Å². The van der Waals surface area contributed by atoms with Gasteiger partial charge >= 0.3 is 0 Å². The van der Waals surface area contributed by atoms with E-state index in [0.29, 0.717) is 29.3 Å². The number of fused-ring (bicyclic) bond motifs is 2. The van der Waals surface area contributed by atoms with Crippen molar-refractivity contribution in [3.8, 4) is 0 Å². The molecule has 1 aliphatic heterocycles. The second kappa shape index (κ2) is 6.46. The second-order valence-electron chi connectivity index (χ2n) is 8.60. The van der Waals surface area contributed by atoms with E-state index < -0.39 is 11.7 Å². The van der Waals surface area contributed by atoms with Crippen LogP contribution in [0.25, 0.3) is 5.65 Å². The van der Waals surface area contributed by atoms with Gasteiger partial charge in [0, 0.05) is 43.6 Å². The highest BCUT2D eigenvalue weighted by atomic mass is 19.1. The number of pyridine rings is 1. The summed E-state index contributed by atoms with van der Waals surface area (Å²) in [6, 6.07) is 2.67. The lowest BCUT2D eigenvalue weighted by Crippen LogP contribution is -2.32. The van der Waals surface area contributed by atoms with Crippen molar-refractivity contribution >= 4 is 23.1 Å². The standard InChI is InChI=1S/C21H22FN7O/c1-11-7-29-8-13(4-16(22)20(29)25-11)27-21(30)17-5-24-18(6-23-17)28-9-14-15(10-28)19(14)26-12-2-3-12/h4-8,12,14-15,19,26H,2-3,9-10H2,1H3,(H,27,30). The number of carbonyl (C=O) groups excluding carboxylic acids is 1. The monoisotopic (exact) mass is 407 g/mol. The number of hydrogen-bond donors (Lipinski definition) is 2. The highest BCUT2D eigenvalue weighted by Gasteiger charge is 2.57. The number of imidazole rings is 1. The summed E-state index contributed by atoms with van der Waals surface area (Å²) < 4.78 is 15.8. The van der Waals surface area contributed by atoms with E-state index in [2.05, 4.69) is 30.5 Å². The molecule has 2 atom stereocenters. The van der Waals surface area contributed by atoms with E-state index in [-0.39, 0.29) is 11.3 Å². The Morgan fingerprint density at radius 3 is 2.67 bits per heavy atom.